The van der Waals surface area contributed by atoms with Crippen LogP contribution in [0.2, 0.25) is 0 Å². The van der Waals surface area contributed by atoms with Gasteiger partial charge < -0.3 is 22.4 Å². The topological polar surface area (TPSA) is 78.9 Å². The van der Waals surface area contributed by atoms with Crippen molar-refractivity contribution in [3.05, 3.63) is 95.6 Å². The molecule has 0 aromatic carbocycles. The second-order valence-electron chi connectivity index (χ2n) is 6.09. The lowest BCUT2D eigenvalue weighted by Crippen LogP contribution is -2.00. The Balaban J connectivity index is 1.61. The lowest BCUT2D eigenvalue weighted by molar-refractivity contribution is -0.142. The molecular formula is C21H18O6. The van der Waals surface area contributed by atoms with Gasteiger partial charge in [0.1, 0.15) is 47.1 Å². The summed E-state index contributed by atoms with van der Waals surface area (Å²) in [5.74, 6) is 3.50. The molecule has 0 bridgehead atoms. The number of esters is 1. The Morgan fingerprint density at radius 1 is 0.852 bits per heavy atom. The van der Waals surface area contributed by atoms with Crippen molar-refractivity contribution < 1.29 is 27.2 Å². The highest BCUT2D eigenvalue weighted by Crippen LogP contribution is 2.35. The van der Waals surface area contributed by atoms with E-state index in [9.17, 15) is 4.79 Å². The molecule has 0 spiro atoms. The molecule has 0 amide bonds. The molecule has 0 N–H and O–H groups in total. The zero-order valence-corrected chi connectivity index (χ0v) is 14.7. The molecule has 6 heteroatoms. The smallest absolute Gasteiger partial charge is 0.303 e. The number of carbonyl (C=O) groups excluding carboxylic acids is 1. The number of furan rings is 4. The SMILES string of the molecule is CC(=O)OCc1ccc(C(c2ccco2)c2ccc(Cc3ccco3)o2)o1. The molecule has 1 atom stereocenters. The minimum Gasteiger partial charge on any atom is -0.469 e. The van der Waals surface area contributed by atoms with Gasteiger partial charge in [-0.15, -0.1) is 0 Å². The molecule has 0 radical (unpaired) electrons. The highest BCUT2D eigenvalue weighted by Gasteiger charge is 2.26. The van der Waals surface area contributed by atoms with Gasteiger partial charge in [-0.2, -0.15) is 0 Å². The maximum absolute atomic E-state index is 11.0. The molecule has 0 fully saturated rings. The highest BCUT2D eigenvalue weighted by molar-refractivity contribution is 5.65. The quantitative estimate of drug-likeness (QED) is 0.433. The molecule has 4 aromatic rings. The fourth-order valence-corrected chi connectivity index (χ4v) is 2.91. The van der Waals surface area contributed by atoms with Crippen LogP contribution in [-0.4, -0.2) is 5.97 Å². The molecule has 0 aliphatic rings. The lowest BCUT2D eigenvalue weighted by Gasteiger charge is -2.09. The summed E-state index contributed by atoms with van der Waals surface area (Å²) in [5, 5.41) is 0. The monoisotopic (exact) mass is 366 g/mol. The Morgan fingerprint density at radius 2 is 1.56 bits per heavy atom. The van der Waals surface area contributed by atoms with Crippen molar-refractivity contribution >= 4 is 5.97 Å². The van der Waals surface area contributed by atoms with Crippen LogP contribution in [0.5, 0.6) is 0 Å². The lowest BCUT2D eigenvalue weighted by atomic mass is 10.0. The molecule has 6 nitrogen and oxygen atoms in total. The van der Waals surface area contributed by atoms with Gasteiger partial charge in [0.05, 0.1) is 18.9 Å². The van der Waals surface area contributed by atoms with Gasteiger partial charge >= 0.3 is 5.97 Å². The van der Waals surface area contributed by atoms with Gasteiger partial charge in [0.15, 0.2) is 0 Å². The summed E-state index contributed by atoms with van der Waals surface area (Å²) < 4.78 is 27.9. The normalized spacial score (nSPS) is 12.2. The molecule has 4 rings (SSSR count). The molecule has 4 heterocycles. The first-order valence-electron chi connectivity index (χ1n) is 8.55. The van der Waals surface area contributed by atoms with Crippen LogP contribution in [0.4, 0.5) is 0 Å². The summed E-state index contributed by atoms with van der Waals surface area (Å²) in [6.07, 6.45) is 3.81. The molecule has 0 aliphatic carbocycles. The summed E-state index contributed by atoms with van der Waals surface area (Å²) in [5.41, 5.74) is 0. The van der Waals surface area contributed by atoms with E-state index < -0.39 is 0 Å². The number of ether oxygens (including phenoxy) is 1. The van der Waals surface area contributed by atoms with Crippen molar-refractivity contribution in [3.63, 3.8) is 0 Å². The maximum Gasteiger partial charge on any atom is 0.303 e. The predicted octanol–water partition coefficient (Wildman–Crippen LogP) is 4.89. The predicted molar refractivity (Wildman–Crippen MR) is 94.1 cm³/mol. The molecular weight excluding hydrogens is 348 g/mol. The summed E-state index contributed by atoms with van der Waals surface area (Å²) in [6, 6.07) is 14.9. The number of rotatable bonds is 7. The maximum atomic E-state index is 11.0. The van der Waals surface area contributed by atoms with E-state index in [0.717, 1.165) is 11.5 Å². The highest BCUT2D eigenvalue weighted by atomic mass is 16.5. The first-order chi connectivity index (χ1) is 13.2. The van der Waals surface area contributed by atoms with E-state index in [2.05, 4.69) is 0 Å². The van der Waals surface area contributed by atoms with Crippen LogP contribution in [0.3, 0.4) is 0 Å². The molecule has 0 saturated carbocycles. The van der Waals surface area contributed by atoms with Crippen molar-refractivity contribution in [1.29, 1.82) is 0 Å². The fraction of sp³-hybridized carbons (Fsp3) is 0.190. The van der Waals surface area contributed by atoms with Crippen molar-refractivity contribution in [1.82, 2.24) is 0 Å². The van der Waals surface area contributed by atoms with E-state index in [1.807, 2.05) is 42.5 Å². The van der Waals surface area contributed by atoms with Crippen molar-refractivity contribution in [2.75, 3.05) is 0 Å². The molecule has 0 saturated heterocycles. The number of carbonyl (C=O) groups is 1. The van der Waals surface area contributed by atoms with Gasteiger partial charge in [-0.05, 0) is 48.5 Å². The van der Waals surface area contributed by atoms with E-state index in [0.29, 0.717) is 29.5 Å². The van der Waals surface area contributed by atoms with E-state index in [4.69, 9.17) is 22.4 Å². The summed E-state index contributed by atoms with van der Waals surface area (Å²) in [4.78, 5) is 11.0. The van der Waals surface area contributed by atoms with Gasteiger partial charge in [0.2, 0.25) is 0 Å². The van der Waals surface area contributed by atoms with Gasteiger partial charge in [0, 0.05) is 6.92 Å². The zero-order chi connectivity index (χ0) is 18.6. The van der Waals surface area contributed by atoms with Crippen LogP contribution in [0.1, 0.15) is 47.4 Å². The van der Waals surface area contributed by atoms with Crippen LogP contribution >= 0.6 is 0 Å². The first-order valence-corrected chi connectivity index (χ1v) is 8.55. The zero-order valence-electron chi connectivity index (χ0n) is 14.7. The first kappa shape index (κ1) is 17.0. The minimum atomic E-state index is -0.357. The Hall–Kier alpha value is -3.41. The van der Waals surface area contributed by atoms with E-state index in [1.54, 1.807) is 18.6 Å². The van der Waals surface area contributed by atoms with Crippen LogP contribution in [0, 0.1) is 0 Å². The van der Waals surface area contributed by atoms with Crippen LogP contribution in [0.15, 0.2) is 78.7 Å². The molecule has 138 valence electrons. The van der Waals surface area contributed by atoms with Crippen molar-refractivity contribution in [2.45, 2.75) is 25.9 Å². The molecule has 1 unspecified atom stereocenters. The average Bonchev–Trinajstić information content (AvgIpc) is 3.44. The third-order valence-electron chi connectivity index (χ3n) is 4.11. The van der Waals surface area contributed by atoms with Gasteiger partial charge in [-0.3, -0.25) is 4.79 Å². The second kappa shape index (κ2) is 7.45. The Morgan fingerprint density at radius 3 is 2.22 bits per heavy atom. The van der Waals surface area contributed by atoms with Crippen molar-refractivity contribution in [3.8, 4) is 0 Å². The largest absolute Gasteiger partial charge is 0.469 e. The Bertz CT molecular complexity index is 988. The number of hydrogen-bond acceptors (Lipinski definition) is 6. The average molecular weight is 366 g/mol. The summed E-state index contributed by atoms with van der Waals surface area (Å²) in [7, 11) is 0. The Labute approximate surface area is 155 Å². The third kappa shape index (κ3) is 3.89. The number of hydrogen-bond donors (Lipinski definition) is 0. The van der Waals surface area contributed by atoms with Gasteiger partial charge in [0.25, 0.3) is 0 Å². The van der Waals surface area contributed by atoms with Crippen LogP contribution in [0.25, 0.3) is 0 Å². The van der Waals surface area contributed by atoms with Gasteiger partial charge in [-0.25, -0.2) is 0 Å². The molecule has 4 aromatic heterocycles. The van der Waals surface area contributed by atoms with Gasteiger partial charge in [-0.1, -0.05) is 0 Å². The Kier molecular flexibility index (Phi) is 4.70. The van der Waals surface area contributed by atoms with E-state index >= 15 is 0 Å². The molecule has 0 aliphatic heterocycles. The third-order valence-corrected chi connectivity index (χ3v) is 4.11. The van der Waals surface area contributed by atoms with Crippen LogP contribution in [-0.2, 0) is 22.6 Å². The minimum absolute atomic E-state index is 0.0854. The van der Waals surface area contributed by atoms with Crippen LogP contribution < -0.4 is 0 Å². The van der Waals surface area contributed by atoms with Crippen molar-refractivity contribution in [2.24, 2.45) is 0 Å². The second-order valence-corrected chi connectivity index (χ2v) is 6.09. The summed E-state index contributed by atoms with van der Waals surface area (Å²) in [6.45, 7) is 1.45. The standard InChI is InChI=1S/C21H18O6/c1-14(22)25-13-17-7-9-20(27-17)21(18-5-3-11-24-18)19-8-6-16(26-19)12-15-4-2-10-23-15/h2-11,21H,12-13H2,1H3. The fourth-order valence-electron chi connectivity index (χ4n) is 2.91. The van der Waals surface area contributed by atoms with E-state index in [1.165, 1.54) is 6.92 Å². The summed E-state index contributed by atoms with van der Waals surface area (Å²) >= 11 is 0. The molecule has 27 heavy (non-hydrogen) atoms. The van der Waals surface area contributed by atoms with E-state index in [-0.39, 0.29) is 18.5 Å².